The zero-order chi connectivity index (χ0) is 14.9. The number of ether oxygens (including phenoxy) is 2. The molecule has 0 amide bonds. The Morgan fingerprint density at radius 2 is 1.65 bits per heavy atom. The van der Waals surface area contributed by atoms with Gasteiger partial charge in [-0.05, 0) is 17.7 Å². The van der Waals surface area contributed by atoms with Crippen molar-refractivity contribution in [1.82, 2.24) is 0 Å². The standard InChI is InChI=1S/C14H13ClO5/c1-14(2)19-12(17)11(13(18)20-14)10(16)7-8-3-5-9(15)6-4-8/h3-6,11H,7H2,1-2H3. The lowest BCUT2D eigenvalue weighted by Gasteiger charge is -2.32. The molecule has 1 aromatic rings. The van der Waals surface area contributed by atoms with E-state index in [2.05, 4.69) is 0 Å². The molecule has 6 heteroatoms. The van der Waals surface area contributed by atoms with E-state index in [1.165, 1.54) is 13.8 Å². The number of hydrogen-bond acceptors (Lipinski definition) is 5. The van der Waals surface area contributed by atoms with E-state index in [-0.39, 0.29) is 6.42 Å². The number of hydrogen-bond donors (Lipinski definition) is 0. The number of halogens is 1. The molecule has 1 saturated heterocycles. The molecule has 1 aliphatic heterocycles. The third-order valence-electron chi connectivity index (χ3n) is 2.78. The molecule has 0 aliphatic carbocycles. The molecule has 0 spiro atoms. The molecule has 2 rings (SSSR count). The minimum atomic E-state index is -1.52. The molecule has 1 fully saturated rings. The van der Waals surface area contributed by atoms with E-state index in [1.54, 1.807) is 24.3 Å². The molecule has 0 unspecified atom stereocenters. The van der Waals surface area contributed by atoms with Gasteiger partial charge in [-0.2, -0.15) is 0 Å². The Bertz CT molecular complexity index is 541. The number of ketones is 1. The first-order chi connectivity index (χ1) is 9.28. The van der Waals surface area contributed by atoms with Gasteiger partial charge in [0.25, 0.3) is 5.79 Å². The average molecular weight is 297 g/mol. The molecule has 5 nitrogen and oxygen atoms in total. The molecule has 1 aliphatic rings. The largest absolute Gasteiger partial charge is 0.422 e. The van der Waals surface area contributed by atoms with Crippen LogP contribution in [0.15, 0.2) is 24.3 Å². The van der Waals surface area contributed by atoms with Crippen LogP contribution in [0.3, 0.4) is 0 Å². The number of Topliss-reactive ketones (excluding diaryl/α,β-unsaturated/α-hetero) is 1. The zero-order valence-electron chi connectivity index (χ0n) is 11.0. The molecule has 106 valence electrons. The number of carbonyl (C=O) groups is 3. The van der Waals surface area contributed by atoms with Gasteiger partial charge >= 0.3 is 11.9 Å². The van der Waals surface area contributed by atoms with E-state index < -0.39 is 29.4 Å². The minimum absolute atomic E-state index is 0.0630. The van der Waals surface area contributed by atoms with Gasteiger partial charge in [0.2, 0.25) is 5.92 Å². The highest BCUT2D eigenvalue weighted by atomic mass is 35.5. The van der Waals surface area contributed by atoms with Crippen LogP contribution in [0.25, 0.3) is 0 Å². The van der Waals surface area contributed by atoms with Gasteiger partial charge in [-0.1, -0.05) is 23.7 Å². The minimum Gasteiger partial charge on any atom is -0.422 e. The predicted molar refractivity (Wildman–Crippen MR) is 69.9 cm³/mol. The third kappa shape index (κ3) is 3.17. The molecular formula is C14H13ClO5. The molecule has 1 heterocycles. The zero-order valence-corrected chi connectivity index (χ0v) is 11.8. The van der Waals surface area contributed by atoms with Gasteiger partial charge in [-0.3, -0.25) is 14.4 Å². The number of carbonyl (C=O) groups excluding carboxylic acids is 3. The summed E-state index contributed by atoms with van der Waals surface area (Å²) in [5.41, 5.74) is 0.657. The van der Waals surface area contributed by atoms with Crippen LogP contribution in [0.4, 0.5) is 0 Å². The normalized spacial score (nSPS) is 18.4. The summed E-state index contributed by atoms with van der Waals surface area (Å²) in [5.74, 6) is -5.14. The van der Waals surface area contributed by atoms with E-state index in [4.69, 9.17) is 21.1 Å². The van der Waals surface area contributed by atoms with Gasteiger partial charge in [-0.15, -0.1) is 0 Å². The first kappa shape index (κ1) is 14.5. The second-order valence-electron chi connectivity index (χ2n) is 4.94. The van der Waals surface area contributed by atoms with Crippen molar-refractivity contribution >= 4 is 29.3 Å². The Kier molecular flexibility index (Phi) is 3.81. The summed E-state index contributed by atoms with van der Waals surface area (Å²) in [7, 11) is 0. The summed E-state index contributed by atoms with van der Waals surface area (Å²) in [6.45, 7) is 2.87. The van der Waals surface area contributed by atoms with Gasteiger partial charge in [-0.25, -0.2) is 0 Å². The summed E-state index contributed by atoms with van der Waals surface area (Å²) >= 11 is 5.74. The summed E-state index contributed by atoms with van der Waals surface area (Å²) in [4.78, 5) is 35.5. The van der Waals surface area contributed by atoms with E-state index in [0.29, 0.717) is 10.6 Å². The van der Waals surface area contributed by atoms with Gasteiger partial charge in [0.05, 0.1) is 0 Å². The van der Waals surface area contributed by atoms with Crippen molar-refractivity contribution in [3.05, 3.63) is 34.9 Å². The van der Waals surface area contributed by atoms with Crippen molar-refractivity contribution in [2.75, 3.05) is 0 Å². The molecule has 0 atom stereocenters. The van der Waals surface area contributed by atoms with E-state index in [9.17, 15) is 14.4 Å². The Morgan fingerprint density at radius 1 is 1.15 bits per heavy atom. The summed E-state index contributed by atoms with van der Waals surface area (Å²) < 4.78 is 9.82. The number of benzene rings is 1. The fourth-order valence-corrected chi connectivity index (χ4v) is 2.01. The van der Waals surface area contributed by atoms with E-state index in [1.807, 2.05) is 0 Å². The fraction of sp³-hybridized carbons (Fsp3) is 0.357. The van der Waals surface area contributed by atoms with Crippen LogP contribution in [-0.2, 0) is 30.3 Å². The van der Waals surface area contributed by atoms with Crippen LogP contribution in [0.2, 0.25) is 5.02 Å². The molecule has 0 aromatic heterocycles. The van der Waals surface area contributed by atoms with Gasteiger partial charge < -0.3 is 9.47 Å². The lowest BCUT2D eigenvalue weighted by molar-refractivity contribution is -0.238. The smallest absolute Gasteiger partial charge is 0.331 e. The fourth-order valence-electron chi connectivity index (χ4n) is 1.89. The van der Waals surface area contributed by atoms with Crippen molar-refractivity contribution in [2.45, 2.75) is 26.1 Å². The molecule has 0 bridgehead atoms. The molecule has 0 saturated carbocycles. The van der Waals surface area contributed by atoms with Crippen molar-refractivity contribution < 1.29 is 23.9 Å². The van der Waals surface area contributed by atoms with Crippen LogP contribution in [0.5, 0.6) is 0 Å². The second kappa shape index (κ2) is 5.25. The Morgan fingerprint density at radius 3 is 2.15 bits per heavy atom. The Balaban J connectivity index is 2.11. The summed E-state index contributed by atoms with van der Waals surface area (Å²) in [6, 6.07) is 6.57. The van der Waals surface area contributed by atoms with Crippen molar-refractivity contribution in [2.24, 2.45) is 5.92 Å². The Labute approximate surface area is 120 Å². The molecule has 1 aromatic carbocycles. The van der Waals surface area contributed by atoms with Crippen LogP contribution in [0, 0.1) is 5.92 Å². The van der Waals surface area contributed by atoms with Crippen molar-refractivity contribution in [3.8, 4) is 0 Å². The predicted octanol–water partition coefficient (Wildman–Crippen LogP) is 1.90. The monoisotopic (exact) mass is 296 g/mol. The lowest BCUT2D eigenvalue weighted by Crippen LogP contribution is -2.49. The highest BCUT2D eigenvalue weighted by Crippen LogP contribution is 2.24. The van der Waals surface area contributed by atoms with E-state index in [0.717, 1.165) is 0 Å². The quantitative estimate of drug-likeness (QED) is 0.629. The van der Waals surface area contributed by atoms with Crippen molar-refractivity contribution in [1.29, 1.82) is 0 Å². The average Bonchev–Trinajstić information content (AvgIpc) is 2.29. The molecular weight excluding hydrogens is 284 g/mol. The number of cyclic esters (lactones) is 2. The lowest BCUT2D eigenvalue weighted by atomic mass is 9.97. The van der Waals surface area contributed by atoms with Crippen LogP contribution in [-0.4, -0.2) is 23.5 Å². The first-order valence-electron chi connectivity index (χ1n) is 6.01. The maximum absolute atomic E-state index is 12.0. The highest BCUT2D eigenvalue weighted by molar-refractivity contribution is 6.30. The topological polar surface area (TPSA) is 69.7 Å². The number of rotatable bonds is 3. The van der Waals surface area contributed by atoms with Crippen LogP contribution < -0.4 is 0 Å². The van der Waals surface area contributed by atoms with Crippen molar-refractivity contribution in [3.63, 3.8) is 0 Å². The van der Waals surface area contributed by atoms with Crippen LogP contribution >= 0.6 is 11.6 Å². The first-order valence-corrected chi connectivity index (χ1v) is 6.39. The highest BCUT2D eigenvalue weighted by Gasteiger charge is 2.46. The van der Waals surface area contributed by atoms with Gasteiger partial charge in [0, 0.05) is 25.3 Å². The second-order valence-corrected chi connectivity index (χ2v) is 5.38. The summed E-state index contributed by atoms with van der Waals surface area (Å²) in [5, 5.41) is 0.541. The third-order valence-corrected chi connectivity index (χ3v) is 3.03. The Hall–Kier alpha value is -1.88. The molecule has 20 heavy (non-hydrogen) atoms. The molecule has 0 radical (unpaired) electrons. The maximum atomic E-state index is 12.0. The number of esters is 2. The molecule has 0 N–H and O–H groups in total. The SMILES string of the molecule is CC1(C)OC(=O)C(C(=O)Cc2ccc(Cl)cc2)C(=O)O1. The van der Waals surface area contributed by atoms with Gasteiger partial charge in [0.1, 0.15) is 0 Å². The van der Waals surface area contributed by atoms with E-state index >= 15 is 0 Å². The summed E-state index contributed by atoms with van der Waals surface area (Å²) in [6.07, 6.45) is -0.0630. The maximum Gasteiger partial charge on any atom is 0.331 e. The van der Waals surface area contributed by atoms with Gasteiger partial charge in [0.15, 0.2) is 5.78 Å². The van der Waals surface area contributed by atoms with Crippen LogP contribution in [0.1, 0.15) is 19.4 Å².